The second kappa shape index (κ2) is 4.79. The van der Waals surface area contributed by atoms with Gasteiger partial charge in [0.15, 0.2) is 0 Å². The van der Waals surface area contributed by atoms with Crippen molar-refractivity contribution in [3.05, 3.63) is 27.9 Å². The van der Waals surface area contributed by atoms with Gasteiger partial charge in [0, 0.05) is 32.0 Å². The van der Waals surface area contributed by atoms with Crippen LogP contribution in [0.25, 0.3) is 0 Å². The van der Waals surface area contributed by atoms with Gasteiger partial charge >= 0.3 is 0 Å². The van der Waals surface area contributed by atoms with Crippen molar-refractivity contribution in [3.8, 4) is 6.07 Å². The van der Waals surface area contributed by atoms with Gasteiger partial charge in [-0.3, -0.25) is 14.9 Å². The molecule has 7 heteroatoms. The van der Waals surface area contributed by atoms with Crippen LogP contribution in [0.3, 0.4) is 0 Å². The summed E-state index contributed by atoms with van der Waals surface area (Å²) >= 11 is 0. The number of nitrogens with zero attached hydrogens (tertiary/aromatic N) is 4. The van der Waals surface area contributed by atoms with Crippen LogP contribution in [0.1, 0.15) is 18.4 Å². The predicted molar refractivity (Wildman–Crippen MR) is 62.1 cm³/mol. The first-order valence-electron chi connectivity index (χ1n) is 5.43. The number of ketones is 1. The highest BCUT2D eigenvalue weighted by Crippen LogP contribution is 2.23. The fourth-order valence-corrected chi connectivity index (χ4v) is 1.85. The molecular formula is C11H10N4O3. The Morgan fingerprint density at radius 1 is 1.44 bits per heavy atom. The molecule has 0 amide bonds. The first-order valence-corrected chi connectivity index (χ1v) is 5.43. The van der Waals surface area contributed by atoms with Gasteiger partial charge in [0.1, 0.15) is 29.4 Å². The molecule has 2 heterocycles. The number of nitriles is 1. The fraction of sp³-hybridized carbons (Fsp3) is 0.364. The molecule has 1 aliphatic rings. The van der Waals surface area contributed by atoms with Crippen LogP contribution in [0.5, 0.6) is 0 Å². The van der Waals surface area contributed by atoms with E-state index in [1.165, 1.54) is 6.07 Å². The zero-order valence-corrected chi connectivity index (χ0v) is 9.50. The molecule has 0 spiro atoms. The summed E-state index contributed by atoms with van der Waals surface area (Å²) in [4.78, 5) is 26.9. The number of anilines is 1. The molecule has 1 aromatic heterocycles. The van der Waals surface area contributed by atoms with Crippen LogP contribution in [-0.2, 0) is 4.79 Å². The van der Waals surface area contributed by atoms with Gasteiger partial charge < -0.3 is 4.90 Å². The van der Waals surface area contributed by atoms with Gasteiger partial charge in [0.2, 0.25) is 0 Å². The van der Waals surface area contributed by atoms with Crippen molar-refractivity contribution in [2.24, 2.45) is 0 Å². The van der Waals surface area contributed by atoms with E-state index in [0.29, 0.717) is 31.7 Å². The molecule has 0 aromatic carbocycles. The lowest BCUT2D eigenvalue weighted by atomic mass is 10.1. The van der Waals surface area contributed by atoms with Gasteiger partial charge in [-0.15, -0.1) is 0 Å². The van der Waals surface area contributed by atoms with Crippen LogP contribution in [0.15, 0.2) is 12.3 Å². The first-order chi connectivity index (χ1) is 8.61. The Hall–Kier alpha value is -2.49. The van der Waals surface area contributed by atoms with Crippen molar-refractivity contribution in [3.63, 3.8) is 0 Å². The van der Waals surface area contributed by atoms with E-state index < -0.39 is 4.92 Å². The summed E-state index contributed by atoms with van der Waals surface area (Å²) in [7, 11) is 0. The number of piperidine rings is 1. The molecule has 1 fully saturated rings. The molecule has 18 heavy (non-hydrogen) atoms. The summed E-state index contributed by atoms with van der Waals surface area (Å²) in [6, 6.07) is 3.11. The molecule has 0 saturated carbocycles. The molecule has 2 rings (SSSR count). The molecule has 0 bridgehead atoms. The van der Waals surface area contributed by atoms with Gasteiger partial charge in [0.25, 0.3) is 5.69 Å². The van der Waals surface area contributed by atoms with Crippen molar-refractivity contribution in [1.29, 1.82) is 5.26 Å². The Labute approximate surface area is 103 Å². The predicted octanol–water partition coefficient (Wildman–Crippen LogP) is 1.03. The third-order valence-corrected chi connectivity index (χ3v) is 2.80. The van der Waals surface area contributed by atoms with E-state index in [2.05, 4.69) is 4.98 Å². The van der Waals surface area contributed by atoms with Crippen LogP contribution >= 0.6 is 0 Å². The number of hydrogen-bond donors (Lipinski definition) is 0. The van der Waals surface area contributed by atoms with Crippen molar-refractivity contribution in [1.82, 2.24) is 4.98 Å². The molecule has 7 nitrogen and oxygen atoms in total. The lowest BCUT2D eigenvalue weighted by Gasteiger charge is -2.27. The van der Waals surface area contributed by atoms with Gasteiger partial charge in [-0.05, 0) is 0 Å². The number of hydrogen-bond acceptors (Lipinski definition) is 6. The van der Waals surface area contributed by atoms with E-state index in [4.69, 9.17) is 5.26 Å². The number of rotatable bonds is 2. The van der Waals surface area contributed by atoms with E-state index in [1.54, 1.807) is 0 Å². The zero-order valence-electron chi connectivity index (χ0n) is 9.50. The van der Waals surface area contributed by atoms with Gasteiger partial charge in [-0.2, -0.15) is 5.26 Å². The second-order valence-corrected chi connectivity index (χ2v) is 3.96. The Kier molecular flexibility index (Phi) is 3.19. The Morgan fingerprint density at radius 3 is 2.67 bits per heavy atom. The summed E-state index contributed by atoms with van der Waals surface area (Å²) in [5.41, 5.74) is -0.0399. The number of carbonyl (C=O) groups excluding carboxylic acids is 1. The number of Topliss-reactive ketones (excluding diaryl/α,β-unsaturated/α-hetero) is 1. The molecular weight excluding hydrogens is 236 g/mol. The Morgan fingerprint density at radius 2 is 2.11 bits per heavy atom. The summed E-state index contributed by atoms with van der Waals surface area (Å²) in [5, 5.41) is 19.6. The highest BCUT2D eigenvalue weighted by Gasteiger charge is 2.21. The Bertz CT molecular complexity index is 540. The second-order valence-electron chi connectivity index (χ2n) is 3.96. The molecule has 1 aromatic rings. The summed E-state index contributed by atoms with van der Waals surface area (Å²) < 4.78 is 0. The lowest BCUT2D eigenvalue weighted by molar-refractivity contribution is -0.385. The van der Waals surface area contributed by atoms with Crippen molar-refractivity contribution >= 4 is 17.3 Å². The maximum atomic E-state index is 11.1. The molecule has 0 radical (unpaired) electrons. The molecule has 0 N–H and O–H groups in total. The number of carbonyl (C=O) groups is 1. The smallest absolute Gasteiger partial charge is 0.289 e. The van der Waals surface area contributed by atoms with Gasteiger partial charge in [-0.1, -0.05) is 0 Å². The van der Waals surface area contributed by atoms with Crippen molar-refractivity contribution < 1.29 is 9.72 Å². The molecule has 92 valence electrons. The first kappa shape index (κ1) is 12.0. The molecule has 0 atom stereocenters. The zero-order chi connectivity index (χ0) is 13.1. The molecule has 1 aliphatic heterocycles. The molecule has 0 aliphatic carbocycles. The van der Waals surface area contributed by atoms with Crippen LogP contribution < -0.4 is 4.90 Å². The summed E-state index contributed by atoms with van der Waals surface area (Å²) in [6.07, 6.45) is 1.97. The normalized spacial score (nSPS) is 15.3. The van der Waals surface area contributed by atoms with Gasteiger partial charge in [0.05, 0.1) is 4.92 Å². The van der Waals surface area contributed by atoms with E-state index in [0.717, 1.165) is 6.20 Å². The van der Waals surface area contributed by atoms with E-state index in [9.17, 15) is 14.9 Å². The van der Waals surface area contributed by atoms with Crippen molar-refractivity contribution in [2.45, 2.75) is 12.8 Å². The topological polar surface area (TPSA) is 100 Å². The minimum atomic E-state index is -0.586. The highest BCUT2D eigenvalue weighted by atomic mass is 16.6. The summed E-state index contributed by atoms with van der Waals surface area (Å²) in [5.74, 6) is 0.599. The van der Waals surface area contributed by atoms with E-state index >= 15 is 0 Å². The number of aromatic nitrogens is 1. The largest absolute Gasteiger partial charge is 0.355 e. The van der Waals surface area contributed by atoms with E-state index in [1.807, 2.05) is 11.0 Å². The fourth-order valence-electron chi connectivity index (χ4n) is 1.85. The van der Waals surface area contributed by atoms with Crippen molar-refractivity contribution in [2.75, 3.05) is 18.0 Å². The van der Waals surface area contributed by atoms with E-state index in [-0.39, 0.29) is 17.0 Å². The standard InChI is InChI=1S/C11H10N4O3/c12-6-8-5-9(15(17)18)7-13-11(8)14-3-1-10(16)2-4-14/h5,7H,1-4H2. The van der Waals surface area contributed by atoms with Crippen LogP contribution in [0.4, 0.5) is 11.5 Å². The average Bonchev–Trinajstić information content (AvgIpc) is 2.39. The Balaban J connectivity index is 2.31. The average molecular weight is 246 g/mol. The number of nitro groups is 1. The minimum absolute atomic E-state index is 0.165. The van der Waals surface area contributed by atoms with Crippen LogP contribution in [0.2, 0.25) is 0 Å². The monoisotopic (exact) mass is 246 g/mol. The molecule has 0 unspecified atom stereocenters. The maximum absolute atomic E-state index is 11.1. The summed E-state index contributed by atoms with van der Waals surface area (Å²) in [6.45, 7) is 0.997. The van der Waals surface area contributed by atoms with Crippen LogP contribution in [-0.4, -0.2) is 28.8 Å². The third-order valence-electron chi connectivity index (χ3n) is 2.80. The highest BCUT2D eigenvalue weighted by molar-refractivity contribution is 5.81. The quantitative estimate of drug-likeness (QED) is 0.570. The maximum Gasteiger partial charge on any atom is 0.289 e. The minimum Gasteiger partial charge on any atom is -0.355 e. The lowest BCUT2D eigenvalue weighted by Crippen LogP contribution is -2.34. The van der Waals surface area contributed by atoms with Gasteiger partial charge in [-0.25, -0.2) is 4.98 Å². The SMILES string of the molecule is N#Cc1cc([N+](=O)[O-])cnc1N1CCC(=O)CC1. The third kappa shape index (κ3) is 2.27. The number of pyridine rings is 1. The molecule has 1 saturated heterocycles. The van der Waals surface area contributed by atoms with Crippen LogP contribution in [0, 0.1) is 21.4 Å².